The van der Waals surface area contributed by atoms with Gasteiger partial charge in [-0.05, 0) is 30.5 Å². The summed E-state index contributed by atoms with van der Waals surface area (Å²) >= 11 is 4.30. The Morgan fingerprint density at radius 2 is 1.75 bits per heavy atom. The molecule has 1 aromatic carbocycles. The normalized spacial score (nSPS) is 24.6. The molecule has 1 N–H and O–H groups in total. The van der Waals surface area contributed by atoms with Crippen LogP contribution in [0.5, 0.6) is 0 Å². The molecule has 1 nitrogen and oxygen atoms in total. The average Bonchev–Trinajstić information content (AvgIpc) is 2.48. The molecule has 1 heterocycles. The number of hydrogen-bond donors (Lipinski definition) is 1. The van der Waals surface area contributed by atoms with Crippen molar-refractivity contribution >= 4 is 23.5 Å². The minimum absolute atomic E-state index is 0.597. The number of rotatable bonds is 6. The van der Waals surface area contributed by atoms with E-state index in [-0.39, 0.29) is 0 Å². The first kappa shape index (κ1) is 16.3. The second-order valence-electron chi connectivity index (χ2n) is 5.45. The number of thioether (sulfide) groups is 2. The summed E-state index contributed by atoms with van der Waals surface area (Å²) in [6, 6.07) is 9.79. The Hall–Kier alpha value is -0.120. The van der Waals surface area contributed by atoms with E-state index in [1.807, 2.05) is 0 Å². The smallest absolute Gasteiger partial charge is 0.0320 e. The van der Waals surface area contributed by atoms with Gasteiger partial charge in [-0.2, -0.15) is 23.5 Å². The molecule has 0 radical (unpaired) electrons. The van der Waals surface area contributed by atoms with E-state index < -0.39 is 0 Å². The van der Waals surface area contributed by atoms with Crippen LogP contribution in [0.4, 0.5) is 0 Å². The van der Waals surface area contributed by atoms with Crippen LogP contribution in [0.15, 0.2) is 24.3 Å². The highest BCUT2D eigenvalue weighted by Gasteiger charge is 2.29. The van der Waals surface area contributed by atoms with Gasteiger partial charge < -0.3 is 5.32 Å². The van der Waals surface area contributed by atoms with Crippen molar-refractivity contribution < 1.29 is 0 Å². The molecule has 112 valence electrons. The zero-order chi connectivity index (χ0) is 14.4. The number of likely N-dealkylation sites (N-methyl/N-ethyl adjacent to an activating group) is 1. The van der Waals surface area contributed by atoms with Crippen LogP contribution in [0.3, 0.4) is 0 Å². The standard InChI is InChI=1S/C17H27NS2/c1-4-14-6-8-15(9-7-14)12-16(18-5-2)17-13(3)19-10-11-20-17/h6-9,13,16-18H,4-5,10-12H2,1-3H3. The Kier molecular flexibility index (Phi) is 6.79. The summed E-state index contributed by atoms with van der Waals surface area (Å²) in [5, 5.41) is 5.22. The summed E-state index contributed by atoms with van der Waals surface area (Å²) in [4.78, 5) is 0. The highest BCUT2D eigenvalue weighted by molar-refractivity contribution is 8.07. The lowest BCUT2D eigenvalue weighted by Crippen LogP contribution is -2.45. The monoisotopic (exact) mass is 309 g/mol. The molecule has 1 saturated heterocycles. The molecule has 0 bridgehead atoms. The van der Waals surface area contributed by atoms with Gasteiger partial charge in [0.2, 0.25) is 0 Å². The summed E-state index contributed by atoms with van der Waals surface area (Å²) < 4.78 is 0. The molecule has 0 aromatic heterocycles. The minimum Gasteiger partial charge on any atom is -0.313 e. The molecule has 0 amide bonds. The first-order valence-electron chi connectivity index (χ1n) is 7.79. The Bertz CT molecular complexity index is 390. The topological polar surface area (TPSA) is 12.0 Å². The predicted octanol–water partition coefficient (Wildman–Crippen LogP) is 4.01. The van der Waals surface area contributed by atoms with E-state index in [1.54, 1.807) is 0 Å². The number of benzene rings is 1. The van der Waals surface area contributed by atoms with Gasteiger partial charge in [0.05, 0.1) is 0 Å². The summed E-state index contributed by atoms with van der Waals surface area (Å²) in [6.45, 7) is 7.89. The zero-order valence-corrected chi connectivity index (χ0v) is 14.5. The number of hydrogen-bond acceptors (Lipinski definition) is 3. The van der Waals surface area contributed by atoms with Crippen LogP contribution in [0.2, 0.25) is 0 Å². The third-order valence-corrected chi connectivity index (χ3v) is 7.24. The Morgan fingerprint density at radius 1 is 1.10 bits per heavy atom. The van der Waals surface area contributed by atoms with Gasteiger partial charge in [0.15, 0.2) is 0 Å². The van der Waals surface area contributed by atoms with Gasteiger partial charge >= 0.3 is 0 Å². The van der Waals surface area contributed by atoms with Gasteiger partial charge in [0.25, 0.3) is 0 Å². The molecule has 2 rings (SSSR count). The van der Waals surface area contributed by atoms with Gasteiger partial charge in [0, 0.05) is 28.0 Å². The molecular weight excluding hydrogens is 282 g/mol. The second-order valence-corrected chi connectivity index (χ2v) is 8.22. The lowest BCUT2D eigenvalue weighted by molar-refractivity contribution is 0.501. The molecule has 20 heavy (non-hydrogen) atoms. The van der Waals surface area contributed by atoms with E-state index in [2.05, 4.69) is 73.9 Å². The van der Waals surface area contributed by atoms with Crippen molar-refractivity contribution in [1.82, 2.24) is 5.32 Å². The van der Waals surface area contributed by atoms with Crippen molar-refractivity contribution in [3.05, 3.63) is 35.4 Å². The summed E-state index contributed by atoms with van der Waals surface area (Å²) in [6.07, 6.45) is 2.28. The maximum atomic E-state index is 3.73. The maximum Gasteiger partial charge on any atom is 0.0320 e. The molecule has 1 fully saturated rings. The minimum atomic E-state index is 0.597. The first-order chi connectivity index (χ1) is 9.74. The number of aryl methyl sites for hydroxylation is 1. The lowest BCUT2D eigenvalue weighted by Gasteiger charge is -2.35. The van der Waals surface area contributed by atoms with Crippen LogP contribution in [0.1, 0.15) is 31.9 Å². The molecule has 1 aromatic rings. The van der Waals surface area contributed by atoms with Crippen LogP contribution >= 0.6 is 23.5 Å². The third-order valence-electron chi connectivity index (χ3n) is 3.99. The van der Waals surface area contributed by atoms with Gasteiger partial charge in [-0.15, -0.1) is 0 Å². The van der Waals surface area contributed by atoms with Crippen LogP contribution in [-0.4, -0.2) is 34.6 Å². The van der Waals surface area contributed by atoms with Gasteiger partial charge in [-0.25, -0.2) is 0 Å². The average molecular weight is 310 g/mol. The van der Waals surface area contributed by atoms with Gasteiger partial charge in [-0.1, -0.05) is 45.0 Å². The van der Waals surface area contributed by atoms with Crippen LogP contribution in [-0.2, 0) is 12.8 Å². The zero-order valence-electron chi connectivity index (χ0n) is 12.9. The van der Waals surface area contributed by atoms with Gasteiger partial charge in [-0.3, -0.25) is 0 Å². The van der Waals surface area contributed by atoms with Crippen molar-refractivity contribution in [2.75, 3.05) is 18.1 Å². The Morgan fingerprint density at radius 3 is 2.35 bits per heavy atom. The SMILES string of the molecule is CCNC(Cc1ccc(CC)cc1)C1SCCSC1C. The fourth-order valence-corrected chi connectivity index (χ4v) is 5.78. The van der Waals surface area contributed by atoms with E-state index in [0.29, 0.717) is 6.04 Å². The maximum absolute atomic E-state index is 3.73. The summed E-state index contributed by atoms with van der Waals surface area (Å²) in [5.74, 6) is 2.61. The van der Waals surface area contributed by atoms with Crippen molar-refractivity contribution in [1.29, 1.82) is 0 Å². The first-order valence-corrected chi connectivity index (χ1v) is 9.88. The quantitative estimate of drug-likeness (QED) is 0.853. The third kappa shape index (κ3) is 4.44. The molecule has 0 saturated carbocycles. The molecule has 0 spiro atoms. The number of nitrogens with one attached hydrogen (secondary N) is 1. The Balaban J connectivity index is 2.03. The van der Waals surface area contributed by atoms with E-state index in [1.165, 1.54) is 22.6 Å². The van der Waals surface area contributed by atoms with Crippen molar-refractivity contribution in [2.24, 2.45) is 0 Å². The van der Waals surface area contributed by atoms with Crippen molar-refractivity contribution in [3.63, 3.8) is 0 Å². The molecule has 0 aliphatic carbocycles. The molecule has 3 heteroatoms. The predicted molar refractivity (Wildman–Crippen MR) is 95.2 cm³/mol. The van der Waals surface area contributed by atoms with Crippen LogP contribution < -0.4 is 5.32 Å². The molecule has 3 unspecified atom stereocenters. The van der Waals surface area contributed by atoms with Crippen molar-refractivity contribution in [3.8, 4) is 0 Å². The second kappa shape index (κ2) is 8.35. The van der Waals surface area contributed by atoms with Crippen LogP contribution in [0, 0.1) is 0 Å². The molecular formula is C17H27NS2. The van der Waals surface area contributed by atoms with Gasteiger partial charge in [0.1, 0.15) is 0 Å². The fourth-order valence-electron chi connectivity index (χ4n) is 2.82. The highest BCUT2D eigenvalue weighted by atomic mass is 32.2. The van der Waals surface area contributed by atoms with Crippen molar-refractivity contribution in [2.45, 2.75) is 50.2 Å². The molecule has 3 atom stereocenters. The van der Waals surface area contributed by atoms with E-state index >= 15 is 0 Å². The molecule has 1 aliphatic heterocycles. The van der Waals surface area contributed by atoms with E-state index in [0.717, 1.165) is 29.9 Å². The summed E-state index contributed by atoms with van der Waals surface area (Å²) in [5.41, 5.74) is 2.90. The fraction of sp³-hybridized carbons (Fsp3) is 0.647. The molecule has 1 aliphatic rings. The van der Waals surface area contributed by atoms with E-state index in [9.17, 15) is 0 Å². The largest absolute Gasteiger partial charge is 0.313 e. The summed E-state index contributed by atoms with van der Waals surface area (Å²) in [7, 11) is 0. The van der Waals surface area contributed by atoms with E-state index in [4.69, 9.17) is 0 Å². The van der Waals surface area contributed by atoms with Crippen LogP contribution in [0.25, 0.3) is 0 Å². The highest BCUT2D eigenvalue weighted by Crippen LogP contribution is 2.34. The lowest BCUT2D eigenvalue weighted by atomic mass is 10.00. The Labute approximate surface area is 132 Å².